The van der Waals surface area contributed by atoms with Gasteiger partial charge in [0.2, 0.25) is 11.6 Å². The molecule has 0 fully saturated rings. The van der Waals surface area contributed by atoms with Crippen molar-refractivity contribution in [3.63, 3.8) is 0 Å². The fourth-order valence-corrected chi connectivity index (χ4v) is 2.92. The summed E-state index contributed by atoms with van der Waals surface area (Å²) >= 11 is 0. The highest BCUT2D eigenvalue weighted by atomic mass is 16.4. The minimum Gasteiger partial charge on any atom is -0.394 e. The maximum Gasteiger partial charge on any atom is 0.232 e. The van der Waals surface area contributed by atoms with Crippen LogP contribution in [0.15, 0.2) is 0 Å². The summed E-state index contributed by atoms with van der Waals surface area (Å²) in [7, 11) is 0. The molecule has 0 amide bonds. The van der Waals surface area contributed by atoms with E-state index in [4.69, 9.17) is 10.2 Å². The van der Waals surface area contributed by atoms with Gasteiger partial charge < -0.3 is 25.5 Å². The van der Waals surface area contributed by atoms with Crippen molar-refractivity contribution < 1.29 is 35.1 Å². The van der Waals surface area contributed by atoms with Crippen LogP contribution in [-0.2, 0) is 9.59 Å². The molecule has 0 heterocycles. The Bertz CT molecular complexity index is 400. The van der Waals surface area contributed by atoms with E-state index in [1.165, 1.54) is 44.9 Å². The second-order valence-corrected chi connectivity index (χ2v) is 7.26. The van der Waals surface area contributed by atoms with Gasteiger partial charge in [-0.3, -0.25) is 9.59 Å². The molecule has 0 spiro atoms. The van der Waals surface area contributed by atoms with E-state index >= 15 is 0 Å². The second kappa shape index (κ2) is 16.1. The molecule has 0 aliphatic rings. The van der Waals surface area contributed by atoms with Gasteiger partial charge >= 0.3 is 0 Å². The highest BCUT2D eigenvalue weighted by molar-refractivity contribution is 6.40. The van der Waals surface area contributed by atoms with Crippen molar-refractivity contribution in [1.29, 1.82) is 0 Å². The van der Waals surface area contributed by atoms with Crippen LogP contribution in [0.25, 0.3) is 0 Å². The van der Waals surface area contributed by atoms with Crippen molar-refractivity contribution in [1.82, 2.24) is 0 Å². The molecule has 0 aliphatic heterocycles. The van der Waals surface area contributed by atoms with Crippen LogP contribution in [0.3, 0.4) is 0 Å². The van der Waals surface area contributed by atoms with E-state index in [2.05, 4.69) is 6.92 Å². The van der Waals surface area contributed by atoms with Crippen LogP contribution in [0, 0.1) is 0 Å². The average molecular weight is 391 g/mol. The second-order valence-electron chi connectivity index (χ2n) is 7.26. The first kappa shape index (κ1) is 26.1. The standard InChI is InChI=1S/C20H38O7/c1-2-3-4-5-6-7-8-9-10-11-12-13-15(22)17(24)19(26)20(27)18(25)16(23)14-21/h15-18,21-25H,2-14H2,1H3/t15?,16-,17?,18-/m1/s1. The zero-order chi connectivity index (χ0) is 20.7. The third kappa shape index (κ3) is 11.5. The number of aliphatic hydroxyl groups excluding tert-OH is 5. The summed E-state index contributed by atoms with van der Waals surface area (Å²) in [5, 5.41) is 46.8. The molecule has 0 rings (SSSR count). The van der Waals surface area contributed by atoms with Gasteiger partial charge in [0, 0.05) is 0 Å². The van der Waals surface area contributed by atoms with Crippen molar-refractivity contribution in [3.05, 3.63) is 0 Å². The van der Waals surface area contributed by atoms with Crippen molar-refractivity contribution in [2.45, 2.75) is 108 Å². The highest BCUT2D eigenvalue weighted by Gasteiger charge is 2.35. The fourth-order valence-electron chi connectivity index (χ4n) is 2.92. The van der Waals surface area contributed by atoms with Crippen LogP contribution in [0.2, 0.25) is 0 Å². The van der Waals surface area contributed by atoms with Gasteiger partial charge in [0.1, 0.15) is 18.3 Å². The number of ketones is 2. The number of Topliss-reactive ketones (excluding diaryl/α,β-unsaturated/α-hetero) is 2. The Morgan fingerprint density at radius 3 is 1.41 bits per heavy atom. The molecule has 0 aliphatic carbocycles. The minimum absolute atomic E-state index is 0.176. The van der Waals surface area contributed by atoms with E-state index in [0.29, 0.717) is 6.42 Å². The third-order valence-electron chi connectivity index (χ3n) is 4.80. The molecule has 4 atom stereocenters. The summed E-state index contributed by atoms with van der Waals surface area (Å²) in [5.41, 5.74) is 0. The number of unbranched alkanes of at least 4 members (excludes halogenated alkanes) is 10. The summed E-state index contributed by atoms with van der Waals surface area (Å²) in [6.45, 7) is 1.31. The summed E-state index contributed by atoms with van der Waals surface area (Å²) in [6.07, 6.45) is 5.47. The zero-order valence-corrected chi connectivity index (χ0v) is 16.6. The summed E-state index contributed by atoms with van der Waals surface area (Å²) in [6, 6.07) is 0. The number of carbonyl (C=O) groups is 2. The first-order valence-corrected chi connectivity index (χ1v) is 10.3. The number of carbonyl (C=O) groups excluding carboxylic acids is 2. The number of hydrogen-bond acceptors (Lipinski definition) is 7. The summed E-state index contributed by atoms with van der Waals surface area (Å²) < 4.78 is 0. The molecule has 0 aromatic carbocycles. The first-order valence-electron chi connectivity index (χ1n) is 10.3. The minimum atomic E-state index is -2.11. The Morgan fingerprint density at radius 1 is 0.630 bits per heavy atom. The van der Waals surface area contributed by atoms with Gasteiger partial charge in [-0.25, -0.2) is 0 Å². The van der Waals surface area contributed by atoms with Gasteiger partial charge in [0.15, 0.2) is 0 Å². The monoisotopic (exact) mass is 390 g/mol. The Labute approximate surface area is 162 Å². The normalized spacial score (nSPS) is 15.9. The third-order valence-corrected chi connectivity index (χ3v) is 4.80. The van der Waals surface area contributed by atoms with Gasteiger partial charge in [0.25, 0.3) is 0 Å². The lowest BCUT2D eigenvalue weighted by atomic mass is 9.96. The molecule has 7 nitrogen and oxygen atoms in total. The molecule has 160 valence electrons. The molecule has 0 saturated carbocycles. The van der Waals surface area contributed by atoms with Gasteiger partial charge in [-0.15, -0.1) is 0 Å². The van der Waals surface area contributed by atoms with Crippen LogP contribution in [-0.4, -0.2) is 68.1 Å². The van der Waals surface area contributed by atoms with Gasteiger partial charge in [-0.1, -0.05) is 77.6 Å². The molecular weight excluding hydrogens is 352 g/mol. The Kier molecular flexibility index (Phi) is 15.6. The summed E-state index contributed by atoms with van der Waals surface area (Å²) in [5.74, 6) is -2.77. The van der Waals surface area contributed by atoms with E-state index in [-0.39, 0.29) is 6.42 Å². The predicted octanol–water partition coefficient (Wildman–Crippen LogP) is 1.26. The number of hydrogen-bond donors (Lipinski definition) is 5. The van der Waals surface area contributed by atoms with Crippen molar-refractivity contribution in [3.8, 4) is 0 Å². The average Bonchev–Trinajstić information content (AvgIpc) is 2.68. The molecule has 0 aromatic rings. The van der Waals surface area contributed by atoms with Crippen molar-refractivity contribution >= 4 is 11.6 Å². The van der Waals surface area contributed by atoms with Crippen LogP contribution in [0.5, 0.6) is 0 Å². The first-order chi connectivity index (χ1) is 12.9. The van der Waals surface area contributed by atoms with E-state index in [1.807, 2.05) is 0 Å². The number of rotatable bonds is 18. The lowest BCUT2D eigenvalue weighted by Gasteiger charge is -2.19. The van der Waals surface area contributed by atoms with Crippen LogP contribution in [0.1, 0.15) is 84.0 Å². The maximum atomic E-state index is 11.7. The largest absolute Gasteiger partial charge is 0.394 e. The van der Waals surface area contributed by atoms with Gasteiger partial charge in [-0.2, -0.15) is 0 Å². The van der Waals surface area contributed by atoms with Crippen LogP contribution >= 0.6 is 0 Å². The van der Waals surface area contributed by atoms with E-state index < -0.39 is 42.6 Å². The molecule has 2 unspecified atom stereocenters. The molecule has 0 aromatic heterocycles. The van der Waals surface area contributed by atoms with Gasteiger partial charge in [-0.05, 0) is 6.42 Å². The summed E-state index contributed by atoms with van der Waals surface area (Å²) in [4.78, 5) is 23.3. The van der Waals surface area contributed by atoms with E-state index in [9.17, 15) is 24.9 Å². The zero-order valence-electron chi connectivity index (χ0n) is 16.6. The van der Waals surface area contributed by atoms with E-state index in [1.54, 1.807) is 0 Å². The van der Waals surface area contributed by atoms with Gasteiger partial charge in [0.05, 0.1) is 12.7 Å². The molecule has 5 N–H and O–H groups in total. The Balaban J connectivity index is 3.84. The van der Waals surface area contributed by atoms with Crippen molar-refractivity contribution in [2.24, 2.45) is 0 Å². The quantitative estimate of drug-likeness (QED) is 0.176. The highest BCUT2D eigenvalue weighted by Crippen LogP contribution is 2.14. The molecular formula is C20H38O7. The predicted molar refractivity (Wildman–Crippen MR) is 102 cm³/mol. The Morgan fingerprint density at radius 2 is 1.00 bits per heavy atom. The Hall–Kier alpha value is -0.860. The topological polar surface area (TPSA) is 135 Å². The molecule has 0 bridgehead atoms. The molecule has 0 radical (unpaired) electrons. The maximum absolute atomic E-state index is 11.7. The number of aliphatic hydroxyl groups is 5. The SMILES string of the molecule is CCCCCCCCCCCCCC(O)C(O)C(=O)C(=O)[C@H](O)[C@H](O)CO. The lowest BCUT2D eigenvalue weighted by Crippen LogP contribution is -2.47. The molecule has 7 heteroatoms. The molecule has 27 heavy (non-hydrogen) atoms. The smallest absolute Gasteiger partial charge is 0.232 e. The fraction of sp³-hybridized carbons (Fsp3) is 0.900. The lowest BCUT2D eigenvalue weighted by molar-refractivity contribution is -0.153. The van der Waals surface area contributed by atoms with Crippen LogP contribution in [0.4, 0.5) is 0 Å². The van der Waals surface area contributed by atoms with Crippen molar-refractivity contribution in [2.75, 3.05) is 6.61 Å². The molecule has 0 saturated heterocycles. The van der Waals surface area contributed by atoms with Crippen LogP contribution < -0.4 is 0 Å². The van der Waals surface area contributed by atoms with E-state index in [0.717, 1.165) is 19.3 Å².